The Hall–Kier alpha value is -0.570. The fourth-order valence-corrected chi connectivity index (χ4v) is 1.21. The SMILES string of the molecule is N=C(C=S)C1CC=NCC1. The summed E-state index contributed by atoms with van der Waals surface area (Å²) >= 11 is 4.66. The lowest BCUT2D eigenvalue weighted by Gasteiger charge is -2.14. The summed E-state index contributed by atoms with van der Waals surface area (Å²) in [6, 6.07) is 0. The van der Waals surface area contributed by atoms with Crippen LogP contribution in [0.1, 0.15) is 12.8 Å². The number of hydrogen-bond donors (Lipinski definition) is 1. The van der Waals surface area contributed by atoms with E-state index in [1.54, 1.807) is 0 Å². The van der Waals surface area contributed by atoms with Crippen LogP contribution in [0.5, 0.6) is 0 Å². The van der Waals surface area contributed by atoms with E-state index in [9.17, 15) is 0 Å². The van der Waals surface area contributed by atoms with Gasteiger partial charge < -0.3 is 5.41 Å². The molecular formula is C7H10N2S. The van der Waals surface area contributed by atoms with Crippen LogP contribution in [0.4, 0.5) is 0 Å². The van der Waals surface area contributed by atoms with Crippen molar-refractivity contribution in [3.63, 3.8) is 0 Å². The van der Waals surface area contributed by atoms with Crippen molar-refractivity contribution in [2.75, 3.05) is 6.54 Å². The molecule has 2 nitrogen and oxygen atoms in total. The Bertz CT molecular complexity index is 174. The highest BCUT2D eigenvalue weighted by Crippen LogP contribution is 2.11. The molecule has 10 heavy (non-hydrogen) atoms. The zero-order valence-corrected chi connectivity index (χ0v) is 6.53. The second kappa shape index (κ2) is 3.56. The smallest absolute Gasteiger partial charge is 0.0456 e. The van der Waals surface area contributed by atoms with Gasteiger partial charge in [0.1, 0.15) is 0 Å². The van der Waals surface area contributed by atoms with Crippen LogP contribution in [0.15, 0.2) is 4.99 Å². The van der Waals surface area contributed by atoms with Crippen LogP contribution >= 0.6 is 12.2 Å². The molecule has 0 aromatic heterocycles. The molecule has 0 fully saturated rings. The predicted octanol–water partition coefficient (Wildman–Crippen LogP) is 1.49. The molecule has 0 saturated heterocycles. The topological polar surface area (TPSA) is 36.2 Å². The van der Waals surface area contributed by atoms with E-state index < -0.39 is 0 Å². The van der Waals surface area contributed by atoms with Gasteiger partial charge in [-0.15, -0.1) is 0 Å². The van der Waals surface area contributed by atoms with Crippen molar-refractivity contribution < 1.29 is 0 Å². The van der Waals surface area contributed by atoms with E-state index in [0.29, 0.717) is 11.6 Å². The maximum absolute atomic E-state index is 7.41. The third kappa shape index (κ3) is 1.70. The van der Waals surface area contributed by atoms with Crippen LogP contribution < -0.4 is 0 Å². The first kappa shape index (κ1) is 7.54. The fourth-order valence-electron chi connectivity index (χ4n) is 1.02. The van der Waals surface area contributed by atoms with Gasteiger partial charge in [-0.2, -0.15) is 0 Å². The molecule has 0 aliphatic carbocycles. The summed E-state index contributed by atoms with van der Waals surface area (Å²) in [6.07, 6.45) is 3.77. The lowest BCUT2D eigenvalue weighted by atomic mass is 9.96. The maximum atomic E-state index is 7.41. The molecule has 1 N–H and O–H groups in total. The standard InChI is InChI=1S/C7H10N2S/c8-7(5-10)6-1-3-9-4-2-6/h3,5-6,8H,1-2,4H2. The van der Waals surface area contributed by atoms with E-state index in [-0.39, 0.29) is 0 Å². The van der Waals surface area contributed by atoms with Crippen molar-refractivity contribution >= 4 is 29.5 Å². The minimum Gasteiger partial charge on any atom is -0.304 e. The predicted molar refractivity (Wildman–Crippen MR) is 47.5 cm³/mol. The minimum absolute atomic E-state index is 0.343. The van der Waals surface area contributed by atoms with Crippen molar-refractivity contribution in [1.82, 2.24) is 0 Å². The van der Waals surface area contributed by atoms with Gasteiger partial charge in [-0.3, -0.25) is 4.99 Å². The summed E-state index contributed by atoms with van der Waals surface area (Å²) in [7, 11) is 0. The molecule has 1 aliphatic rings. The van der Waals surface area contributed by atoms with Crippen LogP contribution in [0.25, 0.3) is 0 Å². The number of aliphatic imine (C=N–C) groups is 1. The highest BCUT2D eigenvalue weighted by atomic mass is 32.1. The molecule has 0 amide bonds. The van der Waals surface area contributed by atoms with Gasteiger partial charge >= 0.3 is 0 Å². The van der Waals surface area contributed by atoms with Gasteiger partial charge in [0.2, 0.25) is 0 Å². The van der Waals surface area contributed by atoms with Crippen molar-refractivity contribution in [2.45, 2.75) is 12.8 Å². The number of rotatable bonds is 2. The molecule has 0 spiro atoms. The first-order valence-electron chi connectivity index (χ1n) is 3.36. The Kier molecular flexibility index (Phi) is 2.68. The maximum Gasteiger partial charge on any atom is 0.0456 e. The zero-order chi connectivity index (χ0) is 7.40. The highest BCUT2D eigenvalue weighted by Gasteiger charge is 2.13. The Morgan fingerprint density at radius 2 is 2.60 bits per heavy atom. The molecule has 1 unspecified atom stereocenters. The molecule has 1 rings (SSSR count). The van der Waals surface area contributed by atoms with Crippen molar-refractivity contribution in [3.05, 3.63) is 0 Å². The average Bonchev–Trinajstić information content (AvgIpc) is 2.05. The Balaban J connectivity index is 2.49. The van der Waals surface area contributed by atoms with E-state index in [0.717, 1.165) is 19.4 Å². The largest absolute Gasteiger partial charge is 0.304 e. The lowest BCUT2D eigenvalue weighted by Crippen LogP contribution is -2.18. The van der Waals surface area contributed by atoms with Crippen molar-refractivity contribution in [1.29, 1.82) is 5.41 Å². The van der Waals surface area contributed by atoms with Crippen LogP contribution in [0.3, 0.4) is 0 Å². The number of nitrogens with one attached hydrogen (secondary N) is 1. The summed E-state index contributed by atoms with van der Waals surface area (Å²) in [5, 5.41) is 8.87. The normalized spacial score (nSPS) is 24.2. The lowest BCUT2D eigenvalue weighted by molar-refractivity contribution is 0.641. The average molecular weight is 154 g/mol. The van der Waals surface area contributed by atoms with Gasteiger partial charge in [0.15, 0.2) is 0 Å². The summed E-state index contributed by atoms with van der Waals surface area (Å²) < 4.78 is 0. The summed E-state index contributed by atoms with van der Waals surface area (Å²) in [4.78, 5) is 4.07. The molecule has 1 heterocycles. The van der Waals surface area contributed by atoms with E-state index >= 15 is 0 Å². The third-order valence-corrected chi connectivity index (χ3v) is 1.95. The summed E-state index contributed by atoms with van der Waals surface area (Å²) in [6.45, 7) is 0.857. The second-order valence-corrected chi connectivity index (χ2v) is 2.62. The molecule has 54 valence electrons. The van der Waals surface area contributed by atoms with E-state index in [1.165, 1.54) is 5.37 Å². The Morgan fingerprint density at radius 3 is 3.10 bits per heavy atom. The zero-order valence-electron chi connectivity index (χ0n) is 5.71. The van der Waals surface area contributed by atoms with E-state index in [1.807, 2.05) is 6.21 Å². The molecule has 0 bridgehead atoms. The van der Waals surface area contributed by atoms with Crippen molar-refractivity contribution in [2.24, 2.45) is 10.9 Å². The van der Waals surface area contributed by atoms with Crippen LogP contribution in [-0.4, -0.2) is 23.8 Å². The fraction of sp³-hybridized carbons (Fsp3) is 0.571. The summed E-state index contributed by atoms with van der Waals surface area (Å²) in [5.74, 6) is 0.343. The molecular weight excluding hydrogens is 144 g/mol. The number of nitrogens with zero attached hydrogens (tertiary/aromatic N) is 1. The minimum atomic E-state index is 0.343. The number of hydrogen-bond acceptors (Lipinski definition) is 3. The molecule has 0 aromatic carbocycles. The highest BCUT2D eigenvalue weighted by molar-refractivity contribution is 7.80. The molecule has 1 atom stereocenters. The Labute approximate surface area is 65.9 Å². The monoisotopic (exact) mass is 154 g/mol. The van der Waals surface area contributed by atoms with Gasteiger partial charge in [0.25, 0.3) is 0 Å². The van der Waals surface area contributed by atoms with Gasteiger partial charge in [-0.1, -0.05) is 12.2 Å². The van der Waals surface area contributed by atoms with Crippen LogP contribution in [0, 0.1) is 11.3 Å². The van der Waals surface area contributed by atoms with Crippen LogP contribution in [-0.2, 0) is 0 Å². The van der Waals surface area contributed by atoms with Crippen molar-refractivity contribution in [3.8, 4) is 0 Å². The van der Waals surface area contributed by atoms with Gasteiger partial charge in [0.05, 0.1) is 0 Å². The molecule has 0 radical (unpaired) electrons. The Morgan fingerprint density at radius 1 is 1.80 bits per heavy atom. The first-order chi connectivity index (χ1) is 4.84. The first-order valence-corrected chi connectivity index (χ1v) is 3.83. The number of thiocarbonyl (C=S) groups is 1. The quantitative estimate of drug-likeness (QED) is 0.474. The molecule has 3 heteroatoms. The molecule has 1 aliphatic heterocycles. The molecule has 0 saturated carbocycles. The van der Waals surface area contributed by atoms with E-state index in [4.69, 9.17) is 5.41 Å². The third-order valence-electron chi connectivity index (χ3n) is 1.69. The second-order valence-electron chi connectivity index (χ2n) is 2.38. The van der Waals surface area contributed by atoms with Gasteiger partial charge in [-0.05, 0) is 19.1 Å². The van der Waals surface area contributed by atoms with Crippen LogP contribution in [0.2, 0.25) is 0 Å². The van der Waals surface area contributed by atoms with Gasteiger partial charge in [0, 0.05) is 23.5 Å². The van der Waals surface area contributed by atoms with Gasteiger partial charge in [-0.25, -0.2) is 0 Å². The van der Waals surface area contributed by atoms with E-state index in [2.05, 4.69) is 17.2 Å². The summed E-state index contributed by atoms with van der Waals surface area (Å²) in [5.41, 5.74) is 0.584. The molecule has 0 aromatic rings.